The number of amides is 1. The molecule has 102 valence electrons. The first-order valence-electron chi connectivity index (χ1n) is 6.55. The van der Waals surface area contributed by atoms with E-state index in [4.69, 9.17) is 10.2 Å². The highest BCUT2D eigenvalue weighted by atomic mass is 16.3. The average molecular weight is 252 g/mol. The zero-order valence-electron chi connectivity index (χ0n) is 11.5. The van der Waals surface area contributed by atoms with Gasteiger partial charge in [0.25, 0.3) is 0 Å². The van der Waals surface area contributed by atoms with E-state index in [2.05, 4.69) is 19.2 Å². The lowest BCUT2D eigenvalue weighted by atomic mass is 9.94. The van der Waals surface area contributed by atoms with Crippen molar-refractivity contribution in [1.29, 1.82) is 0 Å². The largest absolute Gasteiger partial charge is 0.467 e. The molecule has 0 spiro atoms. The third-order valence-corrected chi connectivity index (χ3v) is 2.96. The molecule has 1 heterocycles. The van der Waals surface area contributed by atoms with Crippen LogP contribution >= 0.6 is 0 Å². The van der Waals surface area contributed by atoms with Crippen LogP contribution in [0.2, 0.25) is 0 Å². The van der Waals surface area contributed by atoms with Crippen molar-refractivity contribution in [2.75, 3.05) is 6.54 Å². The lowest BCUT2D eigenvalue weighted by molar-refractivity contribution is -0.122. The minimum atomic E-state index is -0.0926. The zero-order chi connectivity index (χ0) is 13.5. The maximum absolute atomic E-state index is 11.9. The summed E-state index contributed by atoms with van der Waals surface area (Å²) in [4.78, 5) is 11.9. The molecule has 0 aliphatic carbocycles. The minimum Gasteiger partial charge on any atom is -0.467 e. The molecule has 1 amide bonds. The van der Waals surface area contributed by atoms with Gasteiger partial charge < -0.3 is 15.5 Å². The Morgan fingerprint density at radius 3 is 2.67 bits per heavy atom. The second-order valence-corrected chi connectivity index (χ2v) is 5.24. The van der Waals surface area contributed by atoms with Gasteiger partial charge in [0.15, 0.2) is 0 Å². The van der Waals surface area contributed by atoms with E-state index >= 15 is 0 Å². The molecule has 0 bridgehead atoms. The highest BCUT2D eigenvalue weighted by molar-refractivity contribution is 5.76. The Kier molecular flexibility index (Phi) is 5.92. The van der Waals surface area contributed by atoms with Crippen LogP contribution in [-0.2, 0) is 4.79 Å². The summed E-state index contributed by atoms with van der Waals surface area (Å²) in [7, 11) is 0. The van der Waals surface area contributed by atoms with Crippen molar-refractivity contribution in [2.45, 2.75) is 39.7 Å². The summed E-state index contributed by atoms with van der Waals surface area (Å²) in [6.45, 7) is 6.76. The number of furan rings is 1. The number of rotatable bonds is 7. The van der Waals surface area contributed by atoms with Crippen molar-refractivity contribution >= 4 is 5.91 Å². The number of carbonyl (C=O) groups excluding carboxylic acids is 1. The first-order valence-corrected chi connectivity index (χ1v) is 6.55. The second kappa shape index (κ2) is 7.21. The Labute approximate surface area is 109 Å². The molecule has 4 heteroatoms. The van der Waals surface area contributed by atoms with E-state index in [9.17, 15) is 4.79 Å². The van der Waals surface area contributed by atoms with Crippen LogP contribution in [0, 0.1) is 11.8 Å². The molecule has 3 N–H and O–H groups in total. The lowest BCUT2D eigenvalue weighted by Crippen LogP contribution is -2.30. The molecule has 0 fully saturated rings. The molecule has 1 unspecified atom stereocenters. The Balaban J connectivity index is 2.40. The van der Waals surface area contributed by atoms with E-state index in [1.54, 1.807) is 6.26 Å². The van der Waals surface area contributed by atoms with Crippen molar-refractivity contribution in [2.24, 2.45) is 17.6 Å². The van der Waals surface area contributed by atoms with Gasteiger partial charge in [0.05, 0.1) is 12.3 Å². The van der Waals surface area contributed by atoms with E-state index in [1.165, 1.54) is 0 Å². The Morgan fingerprint density at radius 1 is 1.44 bits per heavy atom. The fourth-order valence-electron chi connectivity index (χ4n) is 2.10. The molecular weight excluding hydrogens is 228 g/mol. The number of nitrogens with two attached hydrogens (primary N) is 1. The second-order valence-electron chi connectivity index (χ2n) is 5.24. The molecule has 1 aromatic heterocycles. The molecular formula is C14H24N2O2. The summed E-state index contributed by atoms with van der Waals surface area (Å²) in [5, 5.41) is 2.93. The molecule has 2 atom stereocenters. The van der Waals surface area contributed by atoms with Crippen LogP contribution in [0.3, 0.4) is 0 Å². The quantitative estimate of drug-likeness (QED) is 0.783. The molecule has 0 aliphatic rings. The molecule has 1 rings (SSSR count). The Hall–Kier alpha value is -1.29. The molecule has 0 aromatic carbocycles. The molecule has 1 aromatic rings. The summed E-state index contributed by atoms with van der Waals surface area (Å²) < 4.78 is 5.25. The summed E-state index contributed by atoms with van der Waals surface area (Å²) in [6.07, 6.45) is 3.08. The van der Waals surface area contributed by atoms with E-state index in [-0.39, 0.29) is 17.9 Å². The van der Waals surface area contributed by atoms with Crippen LogP contribution < -0.4 is 11.1 Å². The molecule has 0 saturated heterocycles. The van der Waals surface area contributed by atoms with Crippen LogP contribution in [0.5, 0.6) is 0 Å². The minimum absolute atomic E-state index is 0.0370. The predicted molar refractivity (Wildman–Crippen MR) is 71.9 cm³/mol. The van der Waals surface area contributed by atoms with Gasteiger partial charge >= 0.3 is 0 Å². The fourth-order valence-corrected chi connectivity index (χ4v) is 2.10. The smallest absolute Gasteiger partial charge is 0.220 e. The summed E-state index contributed by atoms with van der Waals surface area (Å²) in [5.74, 6) is 1.63. The summed E-state index contributed by atoms with van der Waals surface area (Å²) >= 11 is 0. The predicted octanol–water partition coefficient (Wildman–Crippen LogP) is 2.47. The maximum atomic E-state index is 11.9. The lowest BCUT2D eigenvalue weighted by Gasteiger charge is -2.18. The highest BCUT2D eigenvalue weighted by Crippen LogP contribution is 2.16. The van der Waals surface area contributed by atoms with E-state index in [1.807, 2.05) is 19.1 Å². The average Bonchev–Trinajstić information content (AvgIpc) is 2.80. The standard InChI is InChI=1S/C14H24N2O2/c1-10(2)7-12(9-15)8-14(17)16-11(3)13-5-4-6-18-13/h4-6,10-12H,7-9,15H2,1-3H3,(H,16,17)/t11-,12?/m1/s1. The molecule has 0 aliphatic heterocycles. The van der Waals surface area contributed by atoms with Gasteiger partial charge in [-0.15, -0.1) is 0 Å². The monoisotopic (exact) mass is 252 g/mol. The topological polar surface area (TPSA) is 68.3 Å². The van der Waals surface area contributed by atoms with Gasteiger partial charge in [-0.2, -0.15) is 0 Å². The normalized spacial score (nSPS) is 14.5. The van der Waals surface area contributed by atoms with Crippen molar-refractivity contribution < 1.29 is 9.21 Å². The maximum Gasteiger partial charge on any atom is 0.220 e. The van der Waals surface area contributed by atoms with Crippen LogP contribution in [0.4, 0.5) is 0 Å². The summed E-state index contributed by atoms with van der Waals surface area (Å²) in [5.41, 5.74) is 5.70. The van der Waals surface area contributed by atoms with Gasteiger partial charge in [-0.05, 0) is 43.9 Å². The Morgan fingerprint density at radius 2 is 2.17 bits per heavy atom. The van der Waals surface area contributed by atoms with Crippen molar-refractivity contribution in [3.8, 4) is 0 Å². The summed E-state index contributed by atoms with van der Waals surface area (Å²) in [6, 6.07) is 3.59. The van der Waals surface area contributed by atoms with Crippen LogP contribution in [0.25, 0.3) is 0 Å². The van der Waals surface area contributed by atoms with Crippen LogP contribution in [0.1, 0.15) is 45.4 Å². The van der Waals surface area contributed by atoms with Gasteiger partial charge in [-0.1, -0.05) is 13.8 Å². The van der Waals surface area contributed by atoms with E-state index in [0.29, 0.717) is 18.9 Å². The third-order valence-electron chi connectivity index (χ3n) is 2.96. The number of nitrogens with one attached hydrogen (secondary N) is 1. The number of hydrogen-bond donors (Lipinski definition) is 2. The SMILES string of the molecule is CC(C)CC(CN)CC(=O)N[C@H](C)c1ccco1. The van der Waals surface area contributed by atoms with Crippen molar-refractivity contribution in [1.82, 2.24) is 5.32 Å². The molecule has 0 radical (unpaired) electrons. The fraction of sp³-hybridized carbons (Fsp3) is 0.643. The van der Waals surface area contributed by atoms with Crippen molar-refractivity contribution in [3.63, 3.8) is 0 Å². The van der Waals surface area contributed by atoms with Crippen LogP contribution in [0.15, 0.2) is 22.8 Å². The molecule has 18 heavy (non-hydrogen) atoms. The first-order chi connectivity index (χ1) is 8.52. The molecule has 0 saturated carbocycles. The van der Waals surface area contributed by atoms with E-state index < -0.39 is 0 Å². The third kappa shape index (κ3) is 4.92. The van der Waals surface area contributed by atoms with Gasteiger partial charge in [0, 0.05) is 6.42 Å². The van der Waals surface area contributed by atoms with E-state index in [0.717, 1.165) is 12.2 Å². The first kappa shape index (κ1) is 14.8. The zero-order valence-corrected chi connectivity index (χ0v) is 11.5. The number of hydrogen-bond acceptors (Lipinski definition) is 3. The van der Waals surface area contributed by atoms with Gasteiger partial charge in [0.1, 0.15) is 5.76 Å². The van der Waals surface area contributed by atoms with Gasteiger partial charge in [-0.3, -0.25) is 4.79 Å². The van der Waals surface area contributed by atoms with Crippen LogP contribution in [-0.4, -0.2) is 12.5 Å². The number of carbonyl (C=O) groups is 1. The molecule has 4 nitrogen and oxygen atoms in total. The van der Waals surface area contributed by atoms with Crippen molar-refractivity contribution in [3.05, 3.63) is 24.2 Å². The highest BCUT2D eigenvalue weighted by Gasteiger charge is 2.17. The van der Waals surface area contributed by atoms with Gasteiger partial charge in [0.2, 0.25) is 5.91 Å². The Bertz CT molecular complexity index is 347. The van der Waals surface area contributed by atoms with Gasteiger partial charge in [-0.25, -0.2) is 0 Å².